The molecule has 0 saturated heterocycles. The summed E-state index contributed by atoms with van der Waals surface area (Å²) in [6.07, 6.45) is 0. The predicted octanol–water partition coefficient (Wildman–Crippen LogP) is 6.76. The molecule has 1 N–H and O–H groups in total. The molecule has 0 amide bonds. The van der Waals surface area contributed by atoms with E-state index >= 15 is 0 Å². The van der Waals surface area contributed by atoms with Gasteiger partial charge in [-0.3, -0.25) is 0 Å². The summed E-state index contributed by atoms with van der Waals surface area (Å²) in [5, 5.41) is 37.3. The monoisotopic (exact) mass is 784 g/mol. The van der Waals surface area contributed by atoms with Gasteiger partial charge in [0.25, 0.3) is 0 Å². The highest BCUT2D eigenvalue weighted by Crippen LogP contribution is 2.28. The molecule has 3 aromatic heterocycles. The number of hydrogen-bond acceptors (Lipinski definition) is 9. The molecule has 0 saturated carbocycles. The zero-order chi connectivity index (χ0) is 32.1. The van der Waals surface area contributed by atoms with E-state index < -0.39 is 0 Å². The van der Waals surface area contributed by atoms with Gasteiger partial charge in [-0.1, -0.05) is 47.8 Å². The average Bonchev–Trinajstić information content (AvgIpc) is 3.76. The maximum atomic E-state index is 4.17. The third-order valence-electron chi connectivity index (χ3n) is 6.56. The second kappa shape index (κ2) is 14.4. The van der Waals surface area contributed by atoms with Crippen LogP contribution in [-0.2, 0) is 14.1 Å². The van der Waals surface area contributed by atoms with Crippen molar-refractivity contribution in [3.8, 4) is 34.2 Å². The molecule has 0 spiro atoms. The number of nitrogens with one attached hydrogen (secondary N) is 1. The highest BCUT2D eigenvalue weighted by Gasteiger charge is 2.10. The SMILES string of the molecule is Cc1cc(-c2nn[nH]n2)cc(C)c1Br.Cc1cc(-c2nnn(C)n2)cc(C)c1Br.Cc1cc(-c2nnnn2C)cc(C)c1Br. The van der Waals surface area contributed by atoms with Crippen molar-refractivity contribution in [3.63, 3.8) is 0 Å². The Morgan fingerprint density at radius 3 is 1.39 bits per heavy atom. The number of tetrazole rings is 3. The Hall–Kier alpha value is -3.69. The molecule has 6 aromatic rings. The lowest BCUT2D eigenvalue weighted by atomic mass is 10.1. The van der Waals surface area contributed by atoms with E-state index in [1.165, 1.54) is 38.2 Å². The maximum absolute atomic E-state index is 4.17. The summed E-state index contributed by atoms with van der Waals surface area (Å²) in [6.45, 7) is 12.3. The maximum Gasteiger partial charge on any atom is 0.204 e. The number of benzene rings is 3. The van der Waals surface area contributed by atoms with E-state index in [9.17, 15) is 0 Å². The van der Waals surface area contributed by atoms with Crippen LogP contribution in [0.1, 0.15) is 33.4 Å². The van der Waals surface area contributed by atoms with Crippen molar-refractivity contribution in [2.45, 2.75) is 41.5 Å². The van der Waals surface area contributed by atoms with E-state index in [4.69, 9.17) is 0 Å². The molecule has 0 fully saturated rings. The minimum atomic E-state index is 0.628. The summed E-state index contributed by atoms with van der Waals surface area (Å²) >= 11 is 10.6. The van der Waals surface area contributed by atoms with Gasteiger partial charge in [0.15, 0.2) is 5.82 Å². The Bertz CT molecular complexity index is 1820. The van der Waals surface area contributed by atoms with Gasteiger partial charge in [-0.05, 0) is 132 Å². The van der Waals surface area contributed by atoms with Gasteiger partial charge >= 0.3 is 0 Å². The van der Waals surface area contributed by atoms with Crippen molar-refractivity contribution in [1.82, 2.24) is 61.0 Å². The Morgan fingerprint density at radius 2 is 1.02 bits per heavy atom. The fourth-order valence-corrected chi connectivity index (χ4v) is 5.07. The molecule has 3 aromatic carbocycles. The summed E-state index contributed by atoms with van der Waals surface area (Å²) in [5.41, 5.74) is 10.1. The van der Waals surface area contributed by atoms with Crippen LogP contribution in [0.5, 0.6) is 0 Å². The molecule has 0 aliphatic heterocycles. The normalized spacial score (nSPS) is 10.6. The van der Waals surface area contributed by atoms with Crippen LogP contribution in [0, 0.1) is 41.5 Å². The molecule has 0 radical (unpaired) electrons. The first kappa shape index (κ1) is 33.2. The fraction of sp³-hybridized carbons (Fsp3) is 0.276. The van der Waals surface area contributed by atoms with Crippen LogP contribution >= 0.6 is 47.8 Å². The zero-order valence-electron chi connectivity index (χ0n) is 25.5. The van der Waals surface area contributed by atoms with Gasteiger partial charge in [0, 0.05) is 37.2 Å². The first-order valence-electron chi connectivity index (χ1n) is 13.4. The van der Waals surface area contributed by atoms with Crippen LogP contribution in [0.3, 0.4) is 0 Å². The zero-order valence-corrected chi connectivity index (χ0v) is 30.3. The van der Waals surface area contributed by atoms with Crippen LogP contribution in [0.15, 0.2) is 49.8 Å². The number of rotatable bonds is 3. The van der Waals surface area contributed by atoms with Gasteiger partial charge in [0.2, 0.25) is 11.6 Å². The third-order valence-corrected chi connectivity index (χ3v) is 10.3. The second-order valence-electron chi connectivity index (χ2n) is 10.2. The van der Waals surface area contributed by atoms with Crippen LogP contribution in [-0.4, -0.2) is 61.0 Å². The first-order chi connectivity index (χ1) is 20.8. The molecular formula is C29H31Br3N12. The van der Waals surface area contributed by atoms with Crippen molar-refractivity contribution >= 4 is 47.8 Å². The van der Waals surface area contributed by atoms with E-state index in [1.807, 2.05) is 45.2 Å². The van der Waals surface area contributed by atoms with Gasteiger partial charge in [-0.25, -0.2) is 4.68 Å². The topological polar surface area (TPSA) is 142 Å². The molecule has 0 aliphatic carbocycles. The minimum Gasteiger partial charge on any atom is -0.229 e. The summed E-state index contributed by atoms with van der Waals surface area (Å²) < 4.78 is 5.07. The lowest BCUT2D eigenvalue weighted by molar-refractivity contribution is 0.630. The fourth-order valence-electron chi connectivity index (χ4n) is 4.38. The standard InChI is InChI=1S/2C10H11BrN4.C9H9BrN4/c1-6-4-8(5-7(2)9(6)11)10-12-13-14-15(10)3;1-6-4-8(5-7(2)9(6)11)10-12-14-15(3)13-10;1-5-3-7(4-6(2)8(5)10)9-11-13-14-12-9/h2*4-5H,1-3H3;3-4H,1-2H3,(H,11,12,13,14). The molecule has 0 atom stereocenters. The van der Waals surface area contributed by atoms with E-state index in [1.54, 1.807) is 11.7 Å². The summed E-state index contributed by atoms with van der Waals surface area (Å²) in [4.78, 5) is 1.46. The molecule has 228 valence electrons. The number of aromatic amines is 1. The quantitative estimate of drug-likeness (QED) is 0.206. The van der Waals surface area contributed by atoms with Crippen LogP contribution in [0.4, 0.5) is 0 Å². The molecule has 0 aliphatic rings. The molecule has 0 unspecified atom stereocenters. The van der Waals surface area contributed by atoms with Crippen LogP contribution < -0.4 is 0 Å². The predicted molar refractivity (Wildman–Crippen MR) is 180 cm³/mol. The van der Waals surface area contributed by atoms with Gasteiger partial charge < -0.3 is 0 Å². The Morgan fingerprint density at radius 1 is 0.568 bits per heavy atom. The average molecular weight is 787 g/mol. The van der Waals surface area contributed by atoms with Gasteiger partial charge in [-0.2, -0.15) is 10.0 Å². The Labute approximate surface area is 280 Å². The molecular weight excluding hydrogens is 756 g/mol. The molecule has 0 bridgehead atoms. The van der Waals surface area contributed by atoms with Crippen molar-refractivity contribution in [2.75, 3.05) is 0 Å². The van der Waals surface area contributed by atoms with E-state index in [2.05, 4.69) is 139 Å². The molecule has 3 heterocycles. The minimum absolute atomic E-state index is 0.628. The van der Waals surface area contributed by atoms with Gasteiger partial charge in [0.05, 0.1) is 7.05 Å². The number of nitrogens with zero attached hydrogens (tertiary/aromatic N) is 11. The second-order valence-corrected chi connectivity index (χ2v) is 12.6. The lowest BCUT2D eigenvalue weighted by Gasteiger charge is -2.06. The summed E-state index contributed by atoms with van der Waals surface area (Å²) in [7, 11) is 3.59. The Kier molecular flexibility index (Phi) is 10.9. The van der Waals surface area contributed by atoms with Crippen LogP contribution in [0.25, 0.3) is 34.2 Å². The summed E-state index contributed by atoms with van der Waals surface area (Å²) in [6, 6.07) is 12.3. The van der Waals surface area contributed by atoms with Gasteiger partial charge in [-0.15, -0.1) is 25.5 Å². The molecule has 44 heavy (non-hydrogen) atoms. The summed E-state index contributed by atoms with van der Waals surface area (Å²) in [5.74, 6) is 2.08. The number of halogens is 3. The van der Waals surface area contributed by atoms with Crippen molar-refractivity contribution in [3.05, 3.63) is 83.2 Å². The lowest BCUT2D eigenvalue weighted by Crippen LogP contribution is -1.95. The smallest absolute Gasteiger partial charge is 0.204 e. The first-order valence-corrected chi connectivity index (χ1v) is 15.7. The highest BCUT2D eigenvalue weighted by atomic mass is 79.9. The van der Waals surface area contributed by atoms with Crippen molar-refractivity contribution in [2.24, 2.45) is 14.1 Å². The van der Waals surface area contributed by atoms with Crippen molar-refractivity contribution in [1.29, 1.82) is 0 Å². The highest BCUT2D eigenvalue weighted by molar-refractivity contribution is 9.11. The van der Waals surface area contributed by atoms with E-state index in [0.29, 0.717) is 11.6 Å². The number of aryl methyl sites for hydroxylation is 8. The molecule has 6 rings (SSSR count). The number of hydrogen-bond donors (Lipinski definition) is 1. The number of aromatic nitrogens is 12. The largest absolute Gasteiger partial charge is 0.229 e. The number of H-pyrrole nitrogens is 1. The molecule has 12 nitrogen and oxygen atoms in total. The van der Waals surface area contributed by atoms with Gasteiger partial charge in [0.1, 0.15) is 0 Å². The van der Waals surface area contributed by atoms with Crippen molar-refractivity contribution < 1.29 is 0 Å². The Balaban J connectivity index is 0.000000151. The molecule has 15 heteroatoms. The third kappa shape index (κ3) is 7.87. The van der Waals surface area contributed by atoms with Crippen LogP contribution in [0.2, 0.25) is 0 Å². The van der Waals surface area contributed by atoms with E-state index in [0.717, 1.165) is 35.9 Å². The van der Waals surface area contributed by atoms with E-state index in [-0.39, 0.29) is 0 Å².